The molecule has 0 atom stereocenters. The molecule has 0 fully saturated rings. The Labute approximate surface area is 77.7 Å². The van der Waals surface area contributed by atoms with Crippen LogP contribution in [-0.2, 0) is 6.42 Å². The monoisotopic (exact) mass is 168 g/mol. The second kappa shape index (κ2) is 3.40. The first-order valence-electron chi connectivity index (χ1n) is 4.27. The van der Waals surface area contributed by atoms with E-state index in [-0.39, 0.29) is 0 Å². The molecule has 0 aliphatic heterocycles. The normalized spacial score (nSPS) is 10.2. The van der Waals surface area contributed by atoms with Gasteiger partial charge in [-0.05, 0) is 30.2 Å². The summed E-state index contributed by atoms with van der Waals surface area (Å²) in [5, 5.41) is 1.17. The largest absolute Gasteiger partial charge is 0.256 e. The van der Waals surface area contributed by atoms with Gasteiger partial charge in [-0.15, -0.1) is 0 Å². The maximum atomic E-state index is 5.36. The van der Waals surface area contributed by atoms with Crippen LogP contribution in [0.1, 0.15) is 5.56 Å². The summed E-state index contributed by atoms with van der Waals surface area (Å²) in [6, 6.07) is 10.2. The molecule has 1 heteroatoms. The van der Waals surface area contributed by atoms with Gasteiger partial charge in [-0.25, -0.2) is 0 Å². The van der Waals surface area contributed by atoms with Crippen LogP contribution in [0.3, 0.4) is 0 Å². The van der Waals surface area contributed by atoms with Gasteiger partial charge in [0.05, 0.1) is 5.52 Å². The van der Waals surface area contributed by atoms with Crippen molar-refractivity contribution in [2.45, 2.75) is 6.42 Å². The highest BCUT2D eigenvalue weighted by molar-refractivity contribution is 5.78. The van der Waals surface area contributed by atoms with E-state index in [1.54, 1.807) is 12.3 Å². The molecule has 1 nitrogen and oxygen atoms in total. The summed E-state index contributed by atoms with van der Waals surface area (Å²) >= 11 is 0. The van der Waals surface area contributed by atoms with Crippen molar-refractivity contribution in [1.29, 1.82) is 0 Å². The Morgan fingerprint density at radius 3 is 3.08 bits per heavy atom. The Bertz CT molecular complexity index is 432. The molecule has 0 N–H and O–H groups in total. The van der Waals surface area contributed by atoms with E-state index in [0.29, 0.717) is 0 Å². The fourth-order valence-corrected chi connectivity index (χ4v) is 1.39. The average Bonchev–Trinajstić information content (AvgIpc) is 2.18. The van der Waals surface area contributed by atoms with Crippen LogP contribution in [0.2, 0.25) is 0 Å². The molecule has 1 aromatic heterocycles. The smallest absolute Gasteiger partial charge is 0.0702 e. The van der Waals surface area contributed by atoms with E-state index in [1.807, 2.05) is 12.1 Å². The van der Waals surface area contributed by atoms with Gasteiger partial charge in [0.2, 0.25) is 0 Å². The van der Waals surface area contributed by atoms with E-state index in [9.17, 15) is 0 Å². The number of allylic oxidation sites excluding steroid dienone is 1. The van der Waals surface area contributed by atoms with E-state index >= 15 is 0 Å². The summed E-state index contributed by atoms with van der Waals surface area (Å²) < 4.78 is 0. The molecular weight excluding hydrogens is 158 g/mol. The second-order valence-electron chi connectivity index (χ2n) is 2.97. The van der Waals surface area contributed by atoms with E-state index in [1.165, 1.54) is 10.9 Å². The van der Waals surface area contributed by atoms with Gasteiger partial charge < -0.3 is 0 Å². The third kappa shape index (κ3) is 1.59. The van der Waals surface area contributed by atoms with E-state index in [4.69, 9.17) is 6.58 Å². The highest BCUT2D eigenvalue weighted by atomic mass is 14.6. The summed E-state index contributed by atoms with van der Waals surface area (Å²) in [6.07, 6.45) is 4.28. The molecular formula is C12H10N. The molecule has 13 heavy (non-hydrogen) atoms. The fourth-order valence-electron chi connectivity index (χ4n) is 1.39. The van der Waals surface area contributed by atoms with E-state index in [0.717, 1.165) is 11.9 Å². The number of aromatic nitrogens is 1. The quantitative estimate of drug-likeness (QED) is 0.672. The lowest BCUT2D eigenvalue weighted by atomic mass is 10.1. The lowest BCUT2D eigenvalue weighted by molar-refractivity contribution is 1.28. The zero-order valence-electron chi connectivity index (χ0n) is 7.27. The van der Waals surface area contributed by atoms with Gasteiger partial charge in [0, 0.05) is 11.6 Å². The first-order valence-corrected chi connectivity index (χ1v) is 4.27. The van der Waals surface area contributed by atoms with E-state index < -0.39 is 0 Å². The van der Waals surface area contributed by atoms with Crippen molar-refractivity contribution < 1.29 is 0 Å². The van der Waals surface area contributed by atoms with Gasteiger partial charge in [-0.3, -0.25) is 4.98 Å². The van der Waals surface area contributed by atoms with Gasteiger partial charge in [-0.1, -0.05) is 24.8 Å². The number of hydrogen-bond donors (Lipinski definition) is 0. The fraction of sp³-hybridized carbons (Fsp3) is 0.0833. The Morgan fingerprint density at radius 2 is 2.23 bits per heavy atom. The Hall–Kier alpha value is -1.63. The molecule has 0 saturated carbocycles. The van der Waals surface area contributed by atoms with Crippen LogP contribution in [0, 0.1) is 6.58 Å². The molecule has 2 aromatic rings. The van der Waals surface area contributed by atoms with Gasteiger partial charge in [0.25, 0.3) is 0 Å². The van der Waals surface area contributed by atoms with Crippen molar-refractivity contribution in [3.8, 4) is 0 Å². The van der Waals surface area contributed by atoms with E-state index in [2.05, 4.69) is 23.2 Å². The number of fused-ring (bicyclic) bond motifs is 1. The average molecular weight is 168 g/mol. The van der Waals surface area contributed by atoms with Crippen LogP contribution in [0.25, 0.3) is 10.9 Å². The molecule has 0 aliphatic carbocycles. The summed E-state index contributed by atoms with van der Waals surface area (Å²) in [6.45, 7) is 5.36. The van der Waals surface area contributed by atoms with Gasteiger partial charge in [0.1, 0.15) is 0 Å². The van der Waals surface area contributed by atoms with Crippen molar-refractivity contribution in [2.75, 3.05) is 0 Å². The molecule has 0 bridgehead atoms. The second-order valence-corrected chi connectivity index (χ2v) is 2.97. The lowest BCUT2D eigenvalue weighted by Gasteiger charge is -1.99. The van der Waals surface area contributed by atoms with Gasteiger partial charge in [0.15, 0.2) is 0 Å². The Kier molecular flexibility index (Phi) is 2.09. The lowest BCUT2D eigenvalue weighted by Crippen LogP contribution is -1.82. The number of rotatable bonds is 2. The Morgan fingerprint density at radius 1 is 1.31 bits per heavy atom. The van der Waals surface area contributed by atoms with Gasteiger partial charge >= 0.3 is 0 Å². The van der Waals surface area contributed by atoms with Crippen LogP contribution < -0.4 is 0 Å². The first-order chi connectivity index (χ1) is 6.40. The summed E-state index contributed by atoms with van der Waals surface area (Å²) in [5.41, 5.74) is 2.26. The topological polar surface area (TPSA) is 12.9 Å². The minimum absolute atomic E-state index is 0.810. The van der Waals surface area contributed by atoms with Crippen LogP contribution in [-0.4, -0.2) is 4.98 Å². The third-order valence-electron chi connectivity index (χ3n) is 2.02. The molecule has 0 aliphatic rings. The molecule has 63 valence electrons. The molecule has 1 aromatic carbocycles. The maximum Gasteiger partial charge on any atom is 0.0702 e. The highest BCUT2D eigenvalue weighted by Crippen LogP contribution is 2.13. The molecule has 0 saturated heterocycles. The predicted octanol–water partition coefficient (Wildman–Crippen LogP) is 2.77. The summed E-state index contributed by atoms with van der Waals surface area (Å²) in [5.74, 6) is 0. The SMILES string of the molecule is [CH]=CCc1ccc2ncccc2c1. The van der Waals surface area contributed by atoms with Crippen LogP contribution in [0.5, 0.6) is 0 Å². The van der Waals surface area contributed by atoms with Crippen LogP contribution >= 0.6 is 0 Å². The molecule has 2 rings (SSSR count). The first kappa shape index (κ1) is 7.99. The molecule has 0 spiro atoms. The number of nitrogens with zero attached hydrogens (tertiary/aromatic N) is 1. The molecule has 1 radical (unpaired) electrons. The van der Waals surface area contributed by atoms with Crippen molar-refractivity contribution in [3.05, 3.63) is 54.7 Å². The predicted molar refractivity (Wildman–Crippen MR) is 54.3 cm³/mol. The highest BCUT2D eigenvalue weighted by Gasteiger charge is 1.94. The summed E-state index contributed by atoms with van der Waals surface area (Å²) in [7, 11) is 0. The zero-order chi connectivity index (χ0) is 9.10. The zero-order valence-corrected chi connectivity index (χ0v) is 7.27. The molecule has 1 heterocycles. The number of pyridine rings is 1. The summed E-state index contributed by atoms with van der Waals surface area (Å²) in [4.78, 5) is 4.24. The van der Waals surface area contributed by atoms with Crippen molar-refractivity contribution in [2.24, 2.45) is 0 Å². The van der Waals surface area contributed by atoms with Crippen LogP contribution in [0.4, 0.5) is 0 Å². The number of benzene rings is 1. The van der Waals surface area contributed by atoms with Gasteiger partial charge in [-0.2, -0.15) is 0 Å². The molecule has 0 unspecified atom stereocenters. The van der Waals surface area contributed by atoms with Crippen LogP contribution in [0.15, 0.2) is 42.6 Å². The standard InChI is InChI=1S/C12H10N/c1-2-4-10-6-7-12-11(9-10)5-3-8-13-12/h1-3,5-9H,4H2. The minimum atomic E-state index is 0.810. The maximum absolute atomic E-state index is 5.36. The van der Waals surface area contributed by atoms with Crippen molar-refractivity contribution >= 4 is 10.9 Å². The van der Waals surface area contributed by atoms with Crippen molar-refractivity contribution in [1.82, 2.24) is 4.98 Å². The third-order valence-corrected chi connectivity index (χ3v) is 2.02. The van der Waals surface area contributed by atoms with Crippen molar-refractivity contribution in [3.63, 3.8) is 0 Å². The number of hydrogen-bond acceptors (Lipinski definition) is 1. The minimum Gasteiger partial charge on any atom is -0.256 e. The molecule has 0 amide bonds. The Balaban J connectivity index is 2.55.